The van der Waals surface area contributed by atoms with Crippen LogP contribution >= 0.6 is 0 Å². The summed E-state index contributed by atoms with van der Waals surface area (Å²) >= 11 is 0. The van der Waals surface area contributed by atoms with Crippen molar-refractivity contribution in [3.05, 3.63) is 64.7 Å². The third-order valence-corrected chi connectivity index (χ3v) is 4.69. The third-order valence-electron chi connectivity index (χ3n) is 4.69. The molecule has 1 heterocycles. The van der Waals surface area contributed by atoms with Gasteiger partial charge in [-0.05, 0) is 50.1 Å². The van der Waals surface area contributed by atoms with Crippen LogP contribution in [0, 0.1) is 37.9 Å². The van der Waals surface area contributed by atoms with Crippen molar-refractivity contribution in [2.75, 3.05) is 18.1 Å². The van der Waals surface area contributed by atoms with Gasteiger partial charge in [-0.25, -0.2) is 9.18 Å². The fraction of sp³-hybridized carbons (Fsp3) is 0.261. The van der Waals surface area contributed by atoms with Crippen LogP contribution in [0.4, 0.5) is 10.1 Å². The van der Waals surface area contributed by atoms with Crippen LogP contribution in [-0.4, -0.2) is 25.0 Å². The van der Waals surface area contributed by atoms with Crippen LogP contribution in [0.5, 0.6) is 0 Å². The van der Waals surface area contributed by atoms with Gasteiger partial charge in [-0.3, -0.25) is 4.79 Å². The highest BCUT2D eigenvalue weighted by Gasteiger charge is 2.23. The molecule has 154 valence electrons. The lowest BCUT2D eigenvalue weighted by molar-refractivity contribution is -0.121. The number of amides is 1. The highest BCUT2D eigenvalue weighted by molar-refractivity contribution is 5.99. The van der Waals surface area contributed by atoms with Gasteiger partial charge >= 0.3 is 5.97 Å². The van der Waals surface area contributed by atoms with E-state index in [9.17, 15) is 14.0 Å². The number of anilines is 1. The fourth-order valence-corrected chi connectivity index (χ4v) is 3.34. The first-order chi connectivity index (χ1) is 14.3. The number of furan rings is 1. The number of para-hydroxylation sites is 1. The molecule has 0 atom stereocenters. The Morgan fingerprint density at radius 2 is 1.87 bits per heavy atom. The fourth-order valence-electron chi connectivity index (χ4n) is 3.34. The van der Waals surface area contributed by atoms with E-state index in [1.165, 1.54) is 17.0 Å². The quantitative estimate of drug-likeness (QED) is 0.557. The maximum Gasteiger partial charge on any atom is 0.375 e. The lowest BCUT2D eigenvalue weighted by Crippen LogP contribution is -2.35. The van der Waals surface area contributed by atoms with Gasteiger partial charge in [0.1, 0.15) is 0 Å². The van der Waals surface area contributed by atoms with E-state index in [1.54, 1.807) is 13.0 Å². The summed E-state index contributed by atoms with van der Waals surface area (Å²) in [6.07, 6.45) is 0.134. The second-order valence-electron chi connectivity index (χ2n) is 7.05. The van der Waals surface area contributed by atoms with Gasteiger partial charge in [-0.2, -0.15) is 5.26 Å². The molecule has 0 N–H and O–H groups in total. The van der Waals surface area contributed by atoms with E-state index in [1.807, 2.05) is 38.1 Å². The van der Waals surface area contributed by atoms with E-state index in [2.05, 4.69) is 0 Å². The molecule has 0 bridgehead atoms. The van der Waals surface area contributed by atoms with Crippen molar-refractivity contribution in [1.82, 2.24) is 0 Å². The molecular formula is C23H21FN2O4. The number of nitriles is 1. The van der Waals surface area contributed by atoms with E-state index in [0.717, 1.165) is 11.1 Å². The Morgan fingerprint density at radius 1 is 1.17 bits per heavy atom. The average Bonchev–Trinajstić information content (AvgIpc) is 3.04. The molecular weight excluding hydrogens is 387 g/mol. The van der Waals surface area contributed by atoms with E-state index in [0.29, 0.717) is 16.6 Å². The average molecular weight is 408 g/mol. The molecule has 0 unspecified atom stereocenters. The molecule has 3 aromatic rings. The zero-order valence-corrected chi connectivity index (χ0v) is 17.0. The minimum atomic E-state index is -0.850. The topological polar surface area (TPSA) is 83.5 Å². The summed E-state index contributed by atoms with van der Waals surface area (Å²) in [5, 5.41) is 9.40. The molecule has 0 aliphatic rings. The number of benzene rings is 2. The van der Waals surface area contributed by atoms with E-state index in [4.69, 9.17) is 14.4 Å². The van der Waals surface area contributed by atoms with Crippen molar-refractivity contribution in [1.29, 1.82) is 5.26 Å². The minimum absolute atomic E-state index is 0.0286. The minimum Gasteiger partial charge on any atom is -0.450 e. The van der Waals surface area contributed by atoms with E-state index < -0.39 is 24.3 Å². The Morgan fingerprint density at radius 3 is 2.50 bits per heavy atom. The van der Waals surface area contributed by atoms with Crippen LogP contribution in [-0.2, 0) is 9.53 Å². The number of esters is 1. The predicted molar refractivity (Wildman–Crippen MR) is 110 cm³/mol. The van der Waals surface area contributed by atoms with Crippen molar-refractivity contribution in [2.45, 2.75) is 27.2 Å². The standard InChI is InChI=1S/C23H21FN2O4/c1-14-10-15(2)12-17(11-14)26(9-5-8-25)20(27)13-29-23(28)21-16(3)18-6-4-7-19(24)22(18)30-21/h4,6-7,10-12H,5,9,13H2,1-3H3. The first-order valence-electron chi connectivity index (χ1n) is 9.42. The monoisotopic (exact) mass is 408 g/mol. The summed E-state index contributed by atoms with van der Waals surface area (Å²) in [5.74, 6) is -2.04. The molecule has 3 rings (SSSR count). The molecule has 30 heavy (non-hydrogen) atoms. The Balaban J connectivity index is 1.78. The van der Waals surface area contributed by atoms with Crippen molar-refractivity contribution >= 4 is 28.5 Å². The zero-order valence-electron chi connectivity index (χ0n) is 17.0. The Bertz CT molecular complexity index is 1140. The molecule has 1 amide bonds. The largest absolute Gasteiger partial charge is 0.450 e. The number of carbonyl (C=O) groups is 2. The molecule has 6 nitrogen and oxygen atoms in total. The number of halogens is 1. The summed E-state index contributed by atoms with van der Waals surface area (Å²) in [4.78, 5) is 26.7. The van der Waals surface area contributed by atoms with Crippen LogP contribution in [0.3, 0.4) is 0 Å². The molecule has 2 aromatic carbocycles. The molecule has 7 heteroatoms. The van der Waals surface area contributed by atoms with E-state index in [-0.39, 0.29) is 24.3 Å². The normalized spacial score (nSPS) is 10.6. The van der Waals surface area contributed by atoms with Gasteiger partial charge < -0.3 is 14.1 Å². The summed E-state index contributed by atoms with van der Waals surface area (Å²) in [6.45, 7) is 5.08. The molecule has 0 fully saturated rings. The van der Waals surface area contributed by atoms with Crippen LogP contribution in [0.2, 0.25) is 0 Å². The summed E-state index contributed by atoms with van der Waals surface area (Å²) in [6, 6.07) is 12.1. The summed E-state index contributed by atoms with van der Waals surface area (Å²) in [7, 11) is 0. The zero-order chi connectivity index (χ0) is 21.8. The number of hydrogen-bond donors (Lipinski definition) is 0. The smallest absolute Gasteiger partial charge is 0.375 e. The van der Waals surface area contributed by atoms with Crippen LogP contribution in [0.25, 0.3) is 11.0 Å². The highest BCUT2D eigenvalue weighted by atomic mass is 19.1. The molecule has 0 saturated heterocycles. The van der Waals surface area contributed by atoms with Crippen molar-refractivity contribution in [3.8, 4) is 6.07 Å². The lowest BCUT2D eigenvalue weighted by Gasteiger charge is -2.22. The van der Waals surface area contributed by atoms with Gasteiger partial charge in [0.05, 0.1) is 12.5 Å². The molecule has 0 saturated carbocycles. The van der Waals surface area contributed by atoms with Crippen molar-refractivity contribution < 1.29 is 23.1 Å². The molecule has 0 radical (unpaired) electrons. The second kappa shape index (κ2) is 8.78. The maximum atomic E-state index is 13.9. The summed E-state index contributed by atoms with van der Waals surface area (Å²) < 4.78 is 24.4. The van der Waals surface area contributed by atoms with Gasteiger partial charge in [0.2, 0.25) is 5.76 Å². The number of rotatable bonds is 6. The van der Waals surface area contributed by atoms with Crippen LogP contribution < -0.4 is 4.90 Å². The van der Waals surface area contributed by atoms with Gasteiger partial charge in [0, 0.05) is 23.2 Å². The number of ether oxygens (including phenoxy) is 1. The first kappa shape index (κ1) is 21.1. The van der Waals surface area contributed by atoms with Crippen LogP contribution in [0.1, 0.15) is 33.7 Å². The molecule has 0 spiro atoms. The SMILES string of the molecule is Cc1cc(C)cc(N(CCC#N)C(=O)COC(=O)c2oc3c(F)cccc3c2C)c1. The number of nitrogens with zero attached hydrogens (tertiary/aromatic N) is 2. The number of aryl methyl sites for hydroxylation is 3. The summed E-state index contributed by atoms with van der Waals surface area (Å²) in [5.41, 5.74) is 2.98. The number of carbonyl (C=O) groups excluding carboxylic acids is 2. The number of fused-ring (bicyclic) bond motifs is 1. The van der Waals surface area contributed by atoms with Gasteiger partial charge in [-0.1, -0.05) is 18.2 Å². The third kappa shape index (κ3) is 4.33. The van der Waals surface area contributed by atoms with Crippen molar-refractivity contribution in [3.63, 3.8) is 0 Å². The number of hydrogen-bond acceptors (Lipinski definition) is 5. The van der Waals surface area contributed by atoms with E-state index >= 15 is 0 Å². The second-order valence-corrected chi connectivity index (χ2v) is 7.05. The Labute approximate surface area is 173 Å². The van der Waals surface area contributed by atoms with Crippen LogP contribution in [0.15, 0.2) is 40.8 Å². The Hall–Kier alpha value is -3.66. The lowest BCUT2D eigenvalue weighted by atomic mass is 10.1. The molecule has 0 aliphatic heterocycles. The Kier molecular flexibility index (Phi) is 6.17. The highest BCUT2D eigenvalue weighted by Crippen LogP contribution is 2.28. The molecule has 0 aliphatic carbocycles. The van der Waals surface area contributed by atoms with Gasteiger partial charge in [-0.15, -0.1) is 0 Å². The maximum absolute atomic E-state index is 13.9. The predicted octanol–water partition coefficient (Wildman–Crippen LogP) is 4.60. The molecule has 1 aromatic heterocycles. The van der Waals surface area contributed by atoms with Crippen molar-refractivity contribution in [2.24, 2.45) is 0 Å². The first-order valence-corrected chi connectivity index (χ1v) is 9.42. The van der Waals surface area contributed by atoms with Gasteiger partial charge in [0.25, 0.3) is 5.91 Å². The van der Waals surface area contributed by atoms with Gasteiger partial charge in [0.15, 0.2) is 18.0 Å².